The number of carboxylic acid groups (broad SMARTS) is 1. The van der Waals surface area contributed by atoms with Gasteiger partial charge in [-0.05, 0) is 33.3 Å². The number of pyridine rings is 1. The second-order valence-corrected chi connectivity index (χ2v) is 9.61. The molecule has 2 aromatic rings. The molecule has 0 spiro atoms. The van der Waals surface area contributed by atoms with Crippen LogP contribution in [0, 0.1) is 0 Å². The van der Waals surface area contributed by atoms with E-state index in [0.29, 0.717) is 24.1 Å². The molecule has 0 bridgehead atoms. The number of piperidine rings is 1. The van der Waals surface area contributed by atoms with Crippen LogP contribution in [0.3, 0.4) is 0 Å². The molecule has 9 nitrogen and oxygen atoms in total. The van der Waals surface area contributed by atoms with Crippen LogP contribution in [0.5, 0.6) is 0 Å². The van der Waals surface area contributed by atoms with E-state index in [4.69, 9.17) is 5.11 Å². The molecule has 2 aliphatic rings. The summed E-state index contributed by atoms with van der Waals surface area (Å²) in [6.07, 6.45) is 2.62. The lowest BCUT2D eigenvalue weighted by Crippen LogP contribution is -2.67. The number of carbonyl (C=O) groups is 1. The van der Waals surface area contributed by atoms with Crippen LogP contribution in [0.4, 0.5) is 4.79 Å². The lowest BCUT2D eigenvalue weighted by molar-refractivity contribution is -0.976. The highest BCUT2D eigenvalue weighted by Crippen LogP contribution is 2.35. The summed E-state index contributed by atoms with van der Waals surface area (Å²) in [7, 11) is 0. The van der Waals surface area contributed by atoms with Crippen molar-refractivity contribution < 1.29 is 14.4 Å². The van der Waals surface area contributed by atoms with Crippen LogP contribution in [-0.4, -0.2) is 61.0 Å². The van der Waals surface area contributed by atoms with E-state index in [0.717, 1.165) is 37.0 Å². The Labute approximate surface area is 174 Å². The van der Waals surface area contributed by atoms with Crippen molar-refractivity contribution >= 4 is 17.3 Å². The van der Waals surface area contributed by atoms with Crippen molar-refractivity contribution in [2.24, 2.45) is 0 Å². The van der Waals surface area contributed by atoms with Gasteiger partial charge in [0.15, 0.2) is 0 Å². The van der Waals surface area contributed by atoms with Crippen molar-refractivity contribution in [3.8, 4) is 0 Å². The third kappa shape index (κ3) is 3.40. The second-order valence-electron chi connectivity index (χ2n) is 9.61. The summed E-state index contributed by atoms with van der Waals surface area (Å²) >= 11 is 0. The Hall–Kier alpha value is -2.68. The monoisotopic (exact) mass is 416 g/mol. The van der Waals surface area contributed by atoms with Crippen LogP contribution in [-0.2, 0) is 6.54 Å². The Morgan fingerprint density at radius 2 is 1.90 bits per heavy atom. The van der Waals surface area contributed by atoms with Gasteiger partial charge in [-0.15, -0.1) is 0 Å². The molecule has 162 valence electrons. The van der Waals surface area contributed by atoms with E-state index in [1.807, 2.05) is 0 Å². The number of nitrogens with zero attached hydrogens (tertiary/aromatic N) is 4. The molecule has 1 amide bonds. The second kappa shape index (κ2) is 7.23. The fraction of sp³-hybridized carbons (Fsp3) is 0.619. The topological polar surface area (TPSA) is 106 Å². The molecule has 0 saturated carbocycles. The van der Waals surface area contributed by atoms with Crippen LogP contribution in [0.2, 0.25) is 0 Å². The molecule has 0 radical (unpaired) electrons. The van der Waals surface area contributed by atoms with Crippen molar-refractivity contribution in [1.82, 2.24) is 19.4 Å². The fourth-order valence-corrected chi connectivity index (χ4v) is 5.26. The molecule has 1 saturated heterocycles. The summed E-state index contributed by atoms with van der Waals surface area (Å²) in [6.45, 7) is 9.66. The highest BCUT2D eigenvalue weighted by molar-refractivity contribution is 5.70. The number of amides is 1. The van der Waals surface area contributed by atoms with Gasteiger partial charge in [-0.3, -0.25) is 18.7 Å². The molecule has 30 heavy (non-hydrogen) atoms. The number of likely N-dealkylation sites (tertiary alicyclic amines) is 1. The number of hydrogen-bond donors (Lipinski definition) is 2. The first-order valence-corrected chi connectivity index (χ1v) is 10.6. The zero-order valence-electron chi connectivity index (χ0n) is 17.8. The van der Waals surface area contributed by atoms with Gasteiger partial charge in [0, 0.05) is 31.5 Å². The Bertz CT molecular complexity index is 1080. The minimum atomic E-state index is -0.976. The number of hydrogen-bond acceptors (Lipinski definition) is 4. The lowest BCUT2D eigenvalue weighted by atomic mass is 9.91. The highest BCUT2D eigenvalue weighted by Gasteiger charge is 2.46. The van der Waals surface area contributed by atoms with Crippen molar-refractivity contribution in [1.29, 1.82) is 0 Å². The molecule has 2 aromatic heterocycles. The predicted molar refractivity (Wildman–Crippen MR) is 113 cm³/mol. The smallest absolute Gasteiger partial charge is 0.404 e. The number of rotatable bonds is 3. The summed E-state index contributed by atoms with van der Waals surface area (Å²) < 4.78 is 4.23. The summed E-state index contributed by atoms with van der Waals surface area (Å²) in [4.78, 5) is 40.5. The van der Waals surface area contributed by atoms with Crippen molar-refractivity contribution in [2.45, 2.75) is 64.2 Å². The maximum absolute atomic E-state index is 12.8. The average Bonchev–Trinajstić information content (AvgIpc) is 2.67. The minimum absolute atomic E-state index is 0.0305. The molecule has 0 unspecified atom stereocenters. The first-order valence-electron chi connectivity index (χ1n) is 10.6. The van der Waals surface area contributed by atoms with Crippen LogP contribution in [0.1, 0.15) is 46.1 Å². The van der Waals surface area contributed by atoms with Crippen LogP contribution in [0.15, 0.2) is 27.9 Å². The number of nitrogens with one attached hydrogen (secondary N) is 1. The van der Waals surface area contributed by atoms with Gasteiger partial charge in [-0.1, -0.05) is 0 Å². The van der Waals surface area contributed by atoms with E-state index in [9.17, 15) is 14.4 Å². The predicted octanol–water partition coefficient (Wildman–Crippen LogP) is 1.55. The van der Waals surface area contributed by atoms with E-state index < -0.39 is 6.09 Å². The molecular weight excluding hydrogens is 386 g/mol. The summed E-state index contributed by atoms with van der Waals surface area (Å²) in [5.41, 5.74) is 0.923. The highest BCUT2D eigenvalue weighted by atomic mass is 16.4. The molecule has 0 aromatic carbocycles. The number of quaternary nitrogens is 1. The van der Waals surface area contributed by atoms with E-state index in [-0.39, 0.29) is 28.7 Å². The lowest BCUT2D eigenvalue weighted by Gasteiger charge is -2.54. The number of aryl methyl sites for hydroxylation is 1. The van der Waals surface area contributed by atoms with Gasteiger partial charge in [0.2, 0.25) is 0 Å². The first kappa shape index (κ1) is 20.6. The normalized spacial score (nSPS) is 26.5. The standard InChI is InChI=1S/C21H29N5O4/c1-21(2,3)26(10-7-14(8-11-26)23-20(29)30)13-15-6-9-24-17(27)5-4-16-19(24)25(15)18(28)12-22-16/h4-5,12,14-15,23H,6-11,13H2,1-3H3/p+1/t14?,15-,26?/m0/s1. The quantitative estimate of drug-likeness (QED) is 0.739. The first-order chi connectivity index (χ1) is 14.1. The van der Waals surface area contributed by atoms with Gasteiger partial charge in [-0.2, -0.15) is 0 Å². The van der Waals surface area contributed by atoms with Crippen LogP contribution >= 0.6 is 0 Å². The van der Waals surface area contributed by atoms with E-state index >= 15 is 0 Å². The van der Waals surface area contributed by atoms with Crippen molar-refractivity contribution in [2.75, 3.05) is 19.6 Å². The fourth-order valence-electron chi connectivity index (χ4n) is 5.26. The van der Waals surface area contributed by atoms with Gasteiger partial charge < -0.3 is 14.9 Å². The zero-order chi connectivity index (χ0) is 21.7. The van der Waals surface area contributed by atoms with Crippen molar-refractivity contribution in [3.63, 3.8) is 0 Å². The SMILES string of the molecule is CC(C)(C)[N+]1(C[C@@H]2CCn3c(=O)ccc4ncc(=O)n2c43)CCC(NC(=O)O)CC1. The van der Waals surface area contributed by atoms with Gasteiger partial charge in [-0.25, -0.2) is 9.78 Å². The zero-order valence-corrected chi connectivity index (χ0v) is 17.8. The number of aromatic nitrogens is 3. The van der Waals surface area contributed by atoms with Crippen molar-refractivity contribution in [3.05, 3.63) is 39.0 Å². The summed E-state index contributed by atoms with van der Waals surface area (Å²) in [5.74, 6) is 0. The maximum atomic E-state index is 12.8. The Balaban J connectivity index is 1.71. The van der Waals surface area contributed by atoms with Crippen LogP contribution < -0.4 is 16.4 Å². The molecule has 9 heteroatoms. The van der Waals surface area contributed by atoms with E-state index in [1.165, 1.54) is 12.3 Å². The Morgan fingerprint density at radius 3 is 2.53 bits per heavy atom. The van der Waals surface area contributed by atoms with Gasteiger partial charge in [0.25, 0.3) is 11.1 Å². The Kier molecular flexibility index (Phi) is 4.96. The third-order valence-corrected chi connectivity index (χ3v) is 7.09. The average molecular weight is 417 g/mol. The third-order valence-electron chi connectivity index (χ3n) is 7.09. The molecule has 0 aliphatic carbocycles. The van der Waals surface area contributed by atoms with Gasteiger partial charge in [0.1, 0.15) is 17.7 Å². The maximum Gasteiger partial charge on any atom is 0.404 e. The molecule has 1 atom stereocenters. The summed E-state index contributed by atoms with van der Waals surface area (Å²) in [6, 6.07) is 3.13. The minimum Gasteiger partial charge on any atom is -0.465 e. The molecule has 2 aliphatic heterocycles. The van der Waals surface area contributed by atoms with E-state index in [1.54, 1.807) is 15.2 Å². The molecule has 1 fully saturated rings. The Morgan fingerprint density at radius 1 is 1.20 bits per heavy atom. The molecule has 4 rings (SSSR count). The molecular formula is C21H30N5O4+. The molecule has 4 heterocycles. The van der Waals surface area contributed by atoms with Gasteiger partial charge >= 0.3 is 6.09 Å². The largest absolute Gasteiger partial charge is 0.465 e. The van der Waals surface area contributed by atoms with Gasteiger partial charge in [0.05, 0.1) is 30.9 Å². The van der Waals surface area contributed by atoms with Crippen LogP contribution in [0.25, 0.3) is 11.2 Å². The molecule has 2 N–H and O–H groups in total. The van der Waals surface area contributed by atoms with E-state index in [2.05, 4.69) is 31.1 Å². The summed E-state index contributed by atoms with van der Waals surface area (Å²) in [5, 5.41) is 11.7.